The summed E-state index contributed by atoms with van der Waals surface area (Å²) in [5.74, 6) is 1.00. The van der Waals surface area contributed by atoms with Gasteiger partial charge in [0.2, 0.25) is 5.78 Å². The molecule has 1 aliphatic rings. The standard InChI is InChI=1S/C18H20N2O4/c21-16(17-7-4-12-23-17)13-19-8-10-20(11-9-19)18(22)14-24-15-5-2-1-3-6-15/h1-7,12H,8-11,13-14H2. The Kier molecular flexibility index (Phi) is 5.28. The Hall–Kier alpha value is -2.60. The number of carbonyl (C=O) groups excluding carboxylic acids is 2. The number of hydrogen-bond donors (Lipinski definition) is 0. The number of piperazine rings is 1. The van der Waals surface area contributed by atoms with Crippen molar-refractivity contribution in [2.75, 3.05) is 39.3 Å². The molecular formula is C18H20N2O4. The largest absolute Gasteiger partial charge is 0.484 e. The van der Waals surface area contributed by atoms with Crippen LogP contribution in [0.25, 0.3) is 0 Å². The molecule has 6 nitrogen and oxygen atoms in total. The Balaban J connectivity index is 1.41. The van der Waals surface area contributed by atoms with E-state index >= 15 is 0 Å². The minimum absolute atomic E-state index is 0.0316. The molecule has 0 saturated carbocycles. The summed E-state index contributed by atoms with van der Waals surface area (Å²) in [4.78, 5) is 28.0. The van der Waals surface area contributed by atoms with Crippen LogP contribution in [0.15, 0.2) is 53.1 Å². The van der Waals surface area contributed by atoms with Crippen LogP contribution in [0.1, 0.15) is 10.6 Å². The van der Waals surface area contributed by atoms with Gasteiger partial charge < -0.3 is 14.1 Å². The Morgan fingerprint density at radius 3 is 2.42 bits per heavy atom. The van der Waals surface area contributed by atoms with Crippen molar-refractivity contribution < 1.29 is 18.7 Å². The summed E-state index contributed by atoms with van der Waals surface area (Å²) in [6.45, 7) is 2.89. The molecule has 2 heterocycles. The zero-order valence-corrected chi connectivity index (χ0v) is 13.4. The number of ketones is 1. The summed E-state index contributed by atoms with van der Waals surface area (Å²) >= 11 is 0. The van der Waals surface area contributed by atoms with Gasteiger partial charge in [-0.05, 0) is 24.3 Å². The summed E-state index contributed by atoms with van der Waals surface area (Å²) in [6.07, 6.45) is 1.50. The maximum Gasteiger partial charge on any atom is 0.260 e. The molecule has 24 heavy (non-hydrogen) atoms. The SMILES string of the molecule is O=C(CN1CCN(C(=O)COc2ccccc2)CC1)c1ccco1. The third kappa shape index (κ3) is 4.23. The third-order valence-electron chi connectivity index (χ3n) is 3.99. The third-order valence-corrected chi connectivity index (χ3v) is 3.99. The average molecular weight is 328 g/mol. The second-order valence-electron chi connectivity index (χ2n) is 5.66. The quantitative estimate of drug-likeness (QED) is 0.755. The lowest BCUT2D eigenvalue weighted by molar-refractivity contribution is -0.135. The van der Waals surface area contributed by atoms with Crippen LogP contribution in [0.4, 0.5) is 0 Å². The van der Waals surface area contributed by atoms with Crippen molar-refractivity contribution in [3.8, 4) is 5.75 Å². The van der Waals surface area contributed by atoms with E-state index in [-0.39, 0.29) is 18.3 Å². The summed E-state index contributed by atoms with van der Waals surface area (Å²) in [5.41, 5.74) is 0. The number of hydrogen-bond acceptors (Lipinski definition) is 5. The van der Waals surface area contributed by atoms with Crippen LogP contribution in [0.5, 0.6) is 5.75 Å². The maximum absolute atomic E-state index is 12.2. The van der Waals surface area contributed by atoms with Gasteiger partial charge in [0.25, 0.3) is 5.91 Å². The maximum atomic E-state index is 12.2. The molecule has 3 rings (SSSR count). The van der Waals surface area contributed by atoms with Crippen molar-refractivity contribution in [1.82, 2.24) is 9.80 Å². The molecule has 1 aliphatic heterocycles. The van der Waals surface area contributed by atoms with Crippen LogP contribution in [-0.2, 0) is 4.79 Å². The van der Waals surface area contributed by atoms with Crippen LogP contribution in [-0.4, -0.2) is 60.8 Å². The number of nitrogens with zero attached hydrogens (tertiary/aromatic N) is 2. The highest BCUT2D eigenvalue weighted by molar-refractivity contribution is 5.95. The molecule has 1 saturated heterocycles. The Bertz CT molecular complexity index is 662. The van der Waals surface area contributed by atoms with Crippen molar-refractivity contribution >= 4 is 11.7 Å². The first kappa shape index (κ1) is 16.3. The van der Waals surface area contributed by atoms with Crippen LogP contribution in [0.2, 0.25) is 0 Å². The molecule has 0 spiro atoms. The number of para-hydroxylation sites is 1. The molecule has 1 aromatic carbocycles. The highest BCUT2D eigenvalue weighted by Gasteiger charge is 2.23. The minimum atomic E-state index is -0.0350. The number of Topliss-reactive ketones (excluding diaryl/α,β-unsaturated/α-hetero) is 1. The summed E-state index contributed by atoms with van der Waals surface area (Å²) in [7, 11) is 0. The van der Waals surface area contributed by atoms with Crippen LogP contribution < -0.4 is 4.74 Å². The van der Waals surface area contributed by atoms with E-state index in [0.717, 1.165) is 0 Å². The van der Waals surface area contributed by atoms with E-state index in [2.05, 4.69) is 0 Å². The van der Waals surface area contributed by atoms with Gasteiger partial charge in [-0.2, -0.15) is 0 Å². The van der Waals surface area contributed by atoms with Gasteiger partial charge >= 0.3 is 0 Å². The zero-order chi connectivity index (χ0) is 16.8. The van der Waals surface area contributed by atoms with E-state index in [1.54, 1.807) is 17.0 Å². The lowest BCUT2D eigenvalue weighted by Crippen LogP contribution is -2.51. The van der Waals surface area contributed by atoms with Crippen LogP contribution in [0, 0.1) is 0 Å². The predicted molar refractivity (Wildman–Crippen MR) is 88.0 cm³/mol. The molecule has 0 unspecified atom stereocenters. The monoisotopic (exact) mass is 328 g/mol. The lowest BCUT2D eigenvalue weighted by atomic mass is 10.2. The molecule has 0 N–H and O–H groups in total. The number of ether oxygens (including phenoxy) is 1. The highest BCUT2D eigenvalue weighted by Crippen LogP contribution is 2.10. The van der Waals surface area contributed by atoms with Crippen molar-refractivity contribution in [2.24, 2.45) is 0 Å². The second-order valence-corrected chi connectivity index (χ2v) is 5.66. The fourth-order valence-electron chi connectivity index (χ4n) is 2.63. The van der Waals surface area contributed by atoms with Crippen molar-refractivity contribution in [3.63, 3.8) is 0 Å². The molecule has 126 valence electrons. The number of carbonyl (C=O) groups is 2. The lowest BCUT2D eigenvalue weighted by Gasteiger charge is -2.34. The molecule has 1 fully saturated rings. The van der Waals surface area contributed by atoms with Gasteiger partial charge in [0.15, 0.2) is 12.4 Å². The van der Waals surface area contributed by atoms with Crippen LogP contribution >= 0.6 is 0 Å². The number of benzene rings is 1. The normalized spacial score (nSPS) is 15.2. The minimum Gasteiger partial charge on any atom is -0.484 e. The summed E-state index contributed by atoms with van der Waals surface area (Å²) in [6, 6.07) is 12.7. The topological polar surface area (TPSA) is 63.0 Å². The molecule has 1 amide bonds. The van der Waals surface area contributed by atoms with Gasteiger partial charge in [0.1, 0.15) is 5.75 Å². The number of amides is 1. The average Bonchev–Trinajstić information content (AvgIpc) is 3.16. The smallest absolute Gasteiger partial charge is 0.260 e. The van der Waals surface area contributed by atoms with Gasteiger partial charge in [0.05, 0.1) is 12.8 Å². The van der Waals surface area contributed by atoms with Crippen molar-refractivity contribution in [3.05, 3.63) is 54.5 Å². The first-order valence-electron chi connectivity index (χ1n) is 7.97. The van der Waals surface area contributed by atoms with E-state index in [1.807, 2.05) is 35.2 Å². The molecule has 2 aromatic rings. The molecule has 0 atom stereocenters. The molecule has 0 bridgehead atoms. The fourth-order valence-corrected chi connectivity index (χ4v) is 2.63. The van der Waals surface area contributed by atoms with Crippen molar-refractivity contribution in [2.45, 2.75) is 0 Å². The van der Waals surface area contributed by atoms with Gasteiger partial charge in [-0.25, -0.2) is 0 Å². The van der Waals surface area contributed by atoms with E-state index < -0.39 is 0 Å². The van der Waals surface area contributed by atoms with E-state index in [4.69, 9.17) is 9.15 Å². The van der Waals surface area contributed by atoms with Crippen molar-refractivity contribution in [1.29, 1.82) is 0 Å². The van der Waals surface area contributed by atoms with E-state index in [9.17, 15) is 9.59 Å². The Morgan fingerprint density at radius 1 is 1.00 bits per heavy atom. The second kappa shape index (κ2) is 7.79. The number of rotatable bonds is 6. The van der Waals surface area contributed by atoms with E-state index in [0.29, 0.717) is 44.2 Å². The predicted octanol–water partition coefficient (Wildman–Crippen LogP) is 1.69. The highest BCUT2D eigenvalue weighted by atomic mass is 16.5. The molecule has 0 aliphatic carbocycles. The number of furan rings is 1. The first-order chi connectivity index (χ1) is 11.7. The van der Waals surface area contributed by atoms with Gasteiger partial charge in [-0.3, -0.25) is 14.5 Å². The first-order valence-corrected chi connectivity index (χ1v) is 7.97. The Labute approximate surface area is 140 Å². The van der Waals surface area contributed by atoms with Gasteiger partial charge in [-0.15, -0.1) is 0 Å². The summed E-state index contributed by atoms with van der Waals surface area (Å²) < 4.78 is 10.6. The summed E-state index contributed by atoms with van der Waals surface area (Å²) in [5, 5.41) is 0. The molecule has 0 radical (unpaired) electrons. The fraction of sp³-hybridized carbons (Fsp3) is 0.333. The Morgan fingerprint density at radius 2 is 1.75 bits per heavy atom. The molecular weight excluding hydrogens is 308 g/mol. The van der Waals surface area contributed by atoms with Gasteiger partial charge in [-0.1, -0.05) is 18.2 Å². The van der Waals surface area contributed by atoms with Crippen LogP contribution in [0.3, 0.4) is 0 Å². The van der Waals surface area contributed by atoms with E-state index in [1.165, 1.54) is 6.26 Å². The van der Waals surface area contributed by atoms with Gasteiger partial charge in [0, 0.05) is 26.2 Å². The zero-order valence-electron chi connectivity index (χ0n) is 13.4. The molecule has 6 heteroatoms. The molecule has 1 aromatic heterocycles.